The van der Waals surface area contributed by atoms with E-state index in [1.165, 1.54) is 6.07 Å². The first kappa shape index (κ1) is 10.8. The molecule has 2 aromatic rings. The molecule has 1 aromatic heterocycles. The molecule has 1 heterocycles. The predicted molar refractivity (Wildman–Crippen MR) is 60.7 cm³/mol. The smallest absolute Gasteiger partial charge is 0.374 e. The van der Waals surface area contributed by atoms with Gasteiger partial charge in [0.25, 0.3) is 0 Å². The highest BCUT2D eigenvalue weighted by molar-refractivity contribution is 7.98. The Bertz CT molecular complexity index is 521. The lowest BCUT2D eigenvalue weighted by Crippen LogP contribution is -1.91. The SMILES string of the molecule is CSc1cccc(-c2cc(C(=O)O)on2)c1. The van der Waals surface area contributed by atoms with E-state index in [0.29, 0.717) is 5.69 Å². The molecule has 2 rings (SSSR count). The minimum Gasteiger partial charge on any atom is -0.475 e. The molecule has 0 radical (unpaired) electrons. The second-order valence-electron chi connectivity index (χ2n) is 3.11. The van der Waals surface area contributed by atoms with Crippen LogP contribution in [-0.2, 0) is 0 Å². The number of aromatic nitrogens is 1. The lowest BCUT2D eigenvalue weighted by molar-refractivity contribution is 0.0652. The number of hydrogen-bond acceptors (Lipinski definition) is 4. The number of thioether (sulfide) groups is 1. The Balaban J connectivity index is 2.38. The van der Waals surface area contributed by atoms with Gasteiger partial charge in [-0.1, -0.05) is 17.3 Å². The van der Waals surface area contributed by atoms with Crippen molar-refractivity contribution in [2.24, 2.45) is 0 Å². The molecule has 0 aliphatic rings. The lowest BCUT2D eigenvalue weighted by Gasteiger charge is -1.98. The molecule has 0 spiro atoms. The van der Waals surface area contributed by atoms with E-state index in [2.05, 4.69) is 5.16 Å². The van der Waals surface area contributed by atoms with Crippen molar-refractivity contribution in [2.45, 2.75) is 4.90 Å². The van der Waals surface area contributed by atoms with Crippen molar-refractivity contribution in [3.63, 3.8) is 0 Å². The van der Waals surface area contributed by atoms with Crippen LogP contribution >= 0.6 is 11.8 Å². The first-order chi connectivity index (χ1) is 7.70. The van der Waals surface area contributed by atoms with Crippen molar-refractivity contribution in [1.82, 2.24) is 5.16 Å². The number of carboxylic acids is 1. The molecule has 0 saturated heterocycles. The highest BCUT2D eigenvalue weighted by atomic mass is 32.2. The van der Waals surface area contributed by atoms with Gasteiger partial charge in [0.15, 0.2) is 0 Å². The van der Waals surface area contributed by atoms with Crippen LogP contribution < -0.4 is 0 Å². The summed E-state index contributed by atoms with van der Waals surface area (Å²) in [4.78, 5) is 11.7. The molecule has 0 fully saturated rings. The van der Waals surface area contributed by atoms with Gasteiger partial charge in [0.1, 0.15) is 5.69 Å². The van der Waals surface area contributed by atoms with Crippen LogP contribution in [0.5, 0.6) is 0 Å². The molecule has 0 atom stereocenters. The molecule has 0 amide bonds. The average Bonchev–Trinajstić information content (AvgIpc) is 2.78. The summed E-state index contributed by atoms with van der Waals surface area (Å²) in [5, 5.41) is 12.4. The Morgan fingerprint density at radius 2 is 2.25 bits per heavy atom. The summed E-state index contributed by atoms with van der Waals surface area (Å²) in [6, 6.07) is 9.10. The van der Waals surface area contributed by atoms with Crippen molar-refractivity contribution in [2.75, 3.05) is 6.26 Å². The van der Waals surface area contributed by atoms with E-state index in [0.717, 1.165) is 10.5 Å². The van der Waals surface area contributed by atoms with E-state index in [9.17, 15) is 4.79 Å². The molecule has 0 unspecified atom stereocenters. The zero-order chi connectivity index (χ0) is 11.5. The van der Waals surface area contributed by atoms with Crippen LogP contribution in [0.4, 0.5) is 0 Å². The summed E-state index contributed by atoms with van der Waals surface area (Å²) in [6.45, 7) is 0. The van der Waals surface area contributed by atoms with Gasteiger partial charge in [0.2, 0.25) is 5.76 Å². The van der Waals surface area contributed by atoms with Crippen molar-refractivity contribution in [1.29, 1.82) is 0 Å². The van der Waals surface area contributed by atoms with Crippen molar-refractivity contribution in [3.05, 3.63) is 36.1 Å². The number of carboxylic acid groups (broad SMARTS) is 1. The molecule has 16 heavy (non-hydrogen) atoms. The van der Waals surface area contributed by atoms with Crippen molar-refractivity contribution < 1.29 is 14.4 Å². The quantitative estimate of drug-likeness (QED) is 0.829. The van der Waals surface area contributed by atoms with Gasteiger partial charge < -0.3 is 9.63 Å². The van der Waals surface area contributed by atoms with Gasteiger partial charge in [-0.2, -0.15) is 0 Å². The lowest BCUT2D eigenvalue weighted by atomic mass is 10.1. The van der Waals surface area contributed by atoms with E-state index in [1.807, 2.05) is 30.5 Å². The van der Waals surface area contributed by atoms with Gasteiger partial charge in [-0.05, 0) is 18.4 Å². The topological polar surface area (TPSA) is 63.3 Å². The molecule has 1 aromatic carbocycles. The van der Waals surface area contributed by atoms with Crippen LogP contribution in [-0.4, -0.2) is 22.5 Å². The van der Waals surface area contributed by atoms with E-state index in [4.69, 9.17) is 9.63 Å². The second-order valence-corrected chi connectivity index (χ2v) is 3.99. The first-order valence-corrected chi connectivity index (χ1v) is 5.77. The summed E-state index contributed by atoms with van der Waals surface area (Å²) in [6.07, 6.45) is 1.98. The monoisotopic (exact) mass is 235 g/mol. The van der Waals surface area contributed by atoms with Gasteiger partial charge >= 0.3 is 5.97 Å². The third kappa shape index (κ3) is 2.09. The number of rotatable bonds is 3. The third-order valence-electron chi connectivity index (χ3n) is 2.09. The fourth-order valence-electron chi connectivity index (χ4n) is 1.29. The number of carbonyl (C=O) groups is 1. The Hall–Kier alpha value is -1.75. The fraction of sp³-hybridized carbons (Fsp3) is 0.0909. The Kier molecular flexibility index (Phi) is 2.96. The molecule has 0 aliphatic heterocycles. The van der Waals surface area contributed by atoms with Gasteiger partial charge in [-0.25, -0.2) is 4.79 Å². The first-order valence-electron chi connectivity index (χ1n) is 4.55. The summed E-state index contributed by atoms with van der Waals surface area (Å²) in [7, 11) is 0. The minimum atomic E-state index is -1.11. The van der Waals surface area contributed by atoms with Gasteiger partial charge in [0, 0.05) is 16.5 Å². The minimum absolute atomic E-state index is 0.149. The maximum atomic E-state index is 10.6. The number of aromatic carboxylic acids is 1. The highest BCUT2D eigenvalue weighted by Gasteiger charge is 2.12. The van der Waals surface area contributed by atoms with Crippen molar-refractivity contribution in [3.8, 4) is 11.3 Å². The normalized spacial score (nSPS) is 10.3. The summed E-state index contributed by atoms with van der Waals surface area (Å²) < 4.78 is 4.70. The molecule has 4 nitrogen and oxygen atoms in total. The Morgan fingerprint density at radius 3 is 2.88 bits per heavy atom. The summed E-state index contributed by atoms with van der Waals surface area (Å²) >= 11 is 1.62. The van der Waals surface area contributed by atoms with Crippen LogP contribution in [0.2, 0.25) is 0 Å². The number of benzene rings is 1. The van der Waals surface area contributed by atoms with E-state index in [-0.39, 0.29) is 5.76 Å². The fourth-order valence-corrected chi connectivity index (χ4v) is 1.75. The van der Waals surface area contributed by atoms with Crippen LogP contribution in [0.25, 0.3) is 11.3 Å². The number of nitrogens with zero attached hydrogens (tertiary/aromatic N) is 1. The highest BCUT2D eigenvalue weighted by Crippen LogP contribution is 2.24. The van der Waals surface area contributed by atoms with Gasteiger partial charge in [0.05, 0.1) is 0 Å². The van der Waals surface area contributed by atoms with Crippen molar-refractivity contribution >= 4 is 17.7 Å². The third-order valence-corrected chi connectivity index (χ3v) is 2.81. The predicted octanol–water partition coefficient (Wildman–Crippen LogP) is 2.76. The molecule has 0 saturated carbocycles. The van der Waals surface area contributed by atoms with Gasteiger partial charge in [-0.3, -0.25) is 0 Å². The van der Waals surface area contributed by atoms with Gasteiger partial charge in [-0.15, -0.1) is 11.8 Å². The Labute approximate surface area is 96.3 Å². The molecule has 0 bridgehead atoms. The van der Waals surface area contributed by atoms with E-state index < -0.39 is 5.97 Å². The maximum absolute atomic E-state index is 10.6. The molecule has 0 aliphatic carbocycles. The summed E-state index contributed by atoms with van der Waals surface area (Å²) in [5.74, 6) is -1.26. The van der Waals surface area contributed by atoms with Crippen LogP contribution in [0.3, 0.4) is 0 Å². The van der Waals surface area contributed by atoms with E-state index >= 15 is 0 Å². The molecular weight excluding hydrogens is 226 g/mol. The van der Waals surface area contributed by atoms with Crippen LogP contribution in [0.1, 0.15) is 10.6 Å². The molecule has 5 heteroatoms. The largest absolute Gasteiger partial charge is 0.475 e. The maximum Gasteiger partial charge on any atom is 0.374 e. The summed E-state index contributed by atoms with van der Waals surface area (Å²) in [5.41, 5.74) is 1.39. The van der Waals surface area contributed by atoms with Crippen LogP contribution in [0.15, 0.2) is 39.8 Å². The van der Waals surface area contributed by atoms with Crippen LogP contribution in [0, 0.1) is 0 Å². The zero-order valence-corrected chi connectivity index (χ0v) is 9.32. The molecule has 1 N–H and O–H groups in total. The average molecular weight is 235 g/mol. The molecule has 82 valence electrons. The Morgan fingerprint density at radius 1 is 1.44 bits per heavy atom. The standard InChI is InChI=1S/C11H9NO3S/c1-16-8-4-2-3-7(5-8)9-6-10(11(13)14)15-12-9/h2-6H,1H3,(H,13,14). The second kappa shape index (κ2) is 4.40. The molecular formula is C11H9NO3S. The zero-order valence-electron chi connectivity index (χ0n) is 8.51. The van der Waals surface area contributed by atoms with E-state index in [1.54, 1.807) is 11.8 Å². The number of hydrogen-bond donors (Lipinski definition) is 1.